The first-order valence-corrected chi connectivity index (χ1v) is 11.1. The zero-order chi connectivity index (χ0) is 24.7. The molecule has 0 bridgehead atoms. The van der Waals surface area contributed by atoms with Crippen molar-refractivity contribution in [2.45, 2.75) is 26.6 Å². The van der Waals surface area contributed by atoms with Crippen molar-refractivity contribution in [2.75, 3.05) is 6.61 Å². The molecule has 0 fully saturated rings. The largest absolute Gasteiger partial charge is 0.490 e. The number of rotatable bonds is 8. The lowest BCUT2D eigenvalue weighted by molar-refractivity contribution is -0.137. The summed E-state index contributed by atoms with van der Waals surface area (Å²) in [6.07, 6.45) is -3.34. The van der Waals surface area contributed by atoms with E-state index >= 15 is 0 Å². The van der Waals surface area contributed by atoms with Gasteiger partial charge in [0.25, 0.3) is 5.91 Å². The number of aryl methyl sites for hydroxylation is 1. The van der Waals surface area contributed by atoms with Crippen molar-refractivity contribution < 1.29 is 27.4 Å². The summed E-state index contributed by atoms with van der Waals surface area (Å²) in [6.45, 7) is 4.56. The van der Waals surface area contributed by atoms with Gasteiger partial charge in [0.2, 0.25) is 0 Å². The van der Waals surface area contributed by atoms with Gasteiger partial charge in [-0.1, -0.05) is 42.0 Å². The minimum absolute atomic E-state index is 0.334. The van der Waals surface area contributed by atoms with Crippen LogP contribution < -0.4 is 14.9 Å². The van der Waals surface area contributed by atoms with E-state index in [1.165, 1.54) is 18.3 Å². The van der Waals surface area contributed by atoms with E-state index in [1.807, 2.05) is 38.1 Å². The molecule has 0 atom stereocenters. The molecule has 3 aromatic rings. The molecule has 34 heavy (non-hydrogen) atoms. The summed E-state index contributed by atoms with van der Waals surface area (Å²) in [4.78, 5) is 12.3. The van der Waals surface area contributed by atoms with Crippen molar-refractivity contribution >= 4 is 28.1 Å². The summed E-state index contributed by atoms with van der Waals surface area (Å²) >= 11 is 3.46. The van der Waals surface area contributed by atoms with Crippen LogP contribution in [-0.4, -0.2) is 18.7 Å². The second-order valence-electron chi connectivity index (χ2n) is 7.28. The normalized spacial score (nSPS) is 11.5. The Kier molecular flexibility index (Phi) is 8.33. The van der Waals surface area contributed by atoms with Crippen LogP contribution in [0.15, 0.2) is 70.2 Å². The summed E-state index contributed by atoms with van der Waals surface area (Å²) < 4.78 is 51.6. The molecule has 178 valence electrons. The first kappa shape index (κ1) is 25.3. The lowest BCUT2D eigenvalue weighted by atomic mass is 10.1. The second-order valence-corrected chi connectivity index (χ2v) is 8.13. The SMILES string of the molecule is CCOc1cc(/C=N/NC(=O)c2ccccc2C(F)(F)F)cc(Br)c1OCc1ccc(C)cc1. The van der Waals surface area contributed by atoms with Gasteiger partial charge in [-0.15, -0.1) is 0 Å². The van der Waals surface area contributed by atoms with Crippen molar-refractivity contribution in [1.82, 2.24) is 5.43 Å². The summed E-state index contributed by atoms with van der Waals surface area (Å²) in [5, 5.41) is 3.81. The van der Waals surface area contributed by atoms with Gasteiger partial charge in [-0.2, -0.15) is 18.3 Å². The van der Waals surface area contributed by atoms with Gasteiger partial charge in [0.15, 0.2) is 11.5 Å². The average molecular weight is 535 g/mol. The van der Waals surface area contributed by atoms with E-state index in [0.29, 0.717) is 34.7 Å². The maximum atomic E-state index is 13.1. The molecule has 0 radical (unpaired) electrons. The zero-order valence-corrected chi connectivity index (χ0v) is 20.0. The third-order valence-electron chi connectivity index (χ3n) is 4.69. The molecule has 0 spiro atoms. The zero-order valence-electron chi connectivity index (χ0n) is 18.4. The number of benzene rings is 3. The number of hydrogen-bond donors (Lipinski definition) is 1. The molecule has 0 saturated heterocycles. The number of carbonyl (C=O) groups is 1. The Hall–Kier alpha value is -3.33. The van der Waals surface area contributed by atoms with E-state index in [9.17, 15) is 18.0 Å². The topological polar surface area (TPSA) is 59.9 Å². The second kappa shape index (κ2) is 11.2. The smallest absolute Gasteiger partial charge is 0.417 e. The highest BCUT2D eigenvalue weighted by atomic mass is 79.9. The van der Waals surface area contributed by atoms with Gasteiger partial charge in [-0.3, -0.25) is 4.79 Å². The maximum absolute atomic E-state index is 13.1. The minimum Gasteiger partial charge on any atom is -0.490 e. The van der Waals surface area contributed by atoms with Crippen LogP contribution in [-0.2, 0) is 12.8 Å². The van der Waals surface area contributed by atoms with Crippen LogP contribution in [0.2, 0.25) is 0 Å². The van der Waals surface area contributed by atoms with Gasteiger partial charge in [-0.25, -0.2) is 5.43 Å². The molecule has 0 aliphatic heterocycles. The van der Waals surface area contributed by atoms with E-state index in [1.54, 1.807) is 12.1 Å². The number of alkyl halides is 3. The van der Waals surface area contributed by atoms with E-state index < -0.39 is 23.2 Å². The van der Waals surface area contributed by atoms with Gasteiger partial charge in [0, 0.05) is 0 Å². The van der Waals surface area contributed by atoms with Gasteiger partial charge in [0.1, 0.15) is 6.61 Å². The minimum atomic E-state index is -4.65. The third-order valence-corrected chi connectivity index (χ3v) is 5.28. The van der Waals surface area contributed by atoms with E-state index in [-0.39, 0.29) is 0 Å². The Morgan fingerprint density at radius 2 is 1.79 bits per heavy atom. The molecule has 9 heteroatoms. The van der Waals surface area contributed by atoms with E-state index in [4.69, 9.17) is 9.47 Å². The monoisotopic (exact) mass is 534 g/mol. The number of nitrogens with one attached hydrogen (secondary N) is 1. The highest BCUT2D eigenvalue weighted by Crippen LogP contribution is 2.37. The number of carbonyl (C=O) groups excluding carboxylic acids is 1. The molecule has 0 aromatic heterocycles. The number of hydrogen-bond acceptors (Lipinski definition) is 4. The molecule has 0 unspecified atom stereocenters. The molecule has 3 aromatic carbocycles. The molecule has 1 N–H and O–H groups in total. The summed E-state index contributed by atoms with van der Waals surface area (Å²) in [6, 6.07) is 15.8. The molecular formula is C25H22BrF3N2O3. The van der Waals surface area contributed by atoms with E-state index in [0.717, 1.165) is 23.3 Å². The quantitative estimate of drug-likeness (QED) is 0.264. The van der Waals surface area contributed by atoms with Gasteiger partial charge < -0.3 is 9.47 Å². The van der Waals surface area contributed by atoms with Crippen LogP contribution in [0, 0.1) is 6.92 Å². The number of hydrazone groups is 1. The fraction of sp³-hybridized carbons (Fsp3) is 0.200. The van der Waals surface area contributed by atoms with Crippen molar-refractivity contribution in [2.24, 2.45) is 5.10 Å². The number of ether oxygens (including phenoxy) is 2. The fourth-order valence-corrected chi connectivity index (χ4v) is 3.63. The van der Waals surface area contributed by atoms with Crippen LogP contribution in [0.3, 0.4) is 0 Å². The number of nitrogens with zero attached hydrogens (tertiary/aromatic N) is 1. The Morgan fingerprint density at radius 1 is 1.09 bits per heavy atom. The van der Waals surface area contributed by atoms with E-state index in [2.05, 4.69) is 26.5 Å². The van der Waals surface area contributed by atoms with Crippen molar-refractivity contribution in [3.63, 3.8) is 0 Å². The van der Waals surface area contributed by atoms with Crippen LogP contribution in [0.5, 0.6) is 11.5 Å². The molecule has 0 saturated carbocycles. The first-order valence-electron chi connectivity index (χ1n) is 10.3. The molecule has 1 amide bonds. The number of halogens is 4. The van der Waals surface area contributed by atoms with Gasteiger partial charge in [0.05, 0.1) is 28.4 Å². The standard InChI is InChI=1S/C25H22BrF3N2O3/c1-3-33-22-13-18(12-21(26)23(22)34-15-17-10-8-16(2)9-11-17)14-30-31-24(32)19-6-4-5-7-20(19)25(27,28)29/h4-14H,3,15H2,1-2H3,(H,31,32)/b30-14+. The van der Waals surface area contributed by atoms with Gasteiger partial charge >= 0.3 is 6.18 Å². The summed E-state index contributed by atoms with van der Waals surface area (Å²) in [5.74, 6) is -0.00628. The van der Waals surface area contributed by atoms with Crippen LogP contribution in [0.1, 0.15) is 39.5 Å². The predicted octanol–water partition coefficient (Wildman–Crippen LogP) is 6.52. The lowest BCUT2D eigenvalue weighted by Gasteiger charge is -2.15. The maximum Gasteiger partial charge on any atom is 0.417 e. The number of amides is 1. The van der Waals surface area contributed by atoms with Crippen molar-refractivity contribution in [1.29, 1.82) is 0 Å². The third kappa shape index (κ3) is 6.60. The average Bonchev–Trinajstić information content (AvgIpc) is 2.79. The fourth-order valence-electron chi connectivity index (χ4n) is 3.06. The van der Waals surface area contributed by atoms with Crippen LogP contribution in [0.25, 0.3) is 0 Å². The molecule has 3 rings (SSSR count). The Morgan fingerprint density at radius 3 is 2.47 bits per heavy atom. The van der Waals surface area contributed by atoms with Crippen LogP contribution >= 0.6 is 15.9 Å². The first-order chi connectivity index (χ1) is 16.2. The highest BCUT2D eigenvalue weighted by Gasteiger charge is 2.34. The lowest BCUT2D eigenvalue weighted by Crippen LogP contribution is -2.22. The van der Waals surface area contributed by atoms with Crippen molar-refractivity contribution in [3.05, 3.63) is 93.0 Å². The Balaban J connectivity index is 1.75. The molecule has 0 aliphatic rings. The van der Waals surface area contributed by atoms with Gasteiger partial charge in [-0.05, 0) is 65.2 Å². The Labute approximate surface area is 203 Å². The molecular weight excluding hydrogens is 513 g/mol. The highest BCUT2D eigenvalue weighted by molar-refractivity contribution is 9.10. The molecule has 5 nitrogen and oxygen atoms in total. The summed E-state index contributed by atoms with van der Waals surface area (Å²) in [7, 11) is 0. The summed E-state index contributed by atoms with van der Waals surface area (Å²) in [5.41, 5.74) is 3.29. The molecule has 0 aliphatic carbocycles. The predicted molar refractivity (Wildman–Crippen MR) is 127 cm³/mol. The van der Waals surface area contributed by atoms with Crippen molar-refractivity contribution in [3.8, 4) is 11.5 Å². The molecule has 0 heterocycles. The van der Waals surface area contributed by atoms with Crippen LogP contribution in [0.4, 0.5) is 13.2 Å². The Bertz CT molecular complexity index is 1180.